The minimum Gasteiger partial charge on any atom is -0.493 e. The topological polar surface area (TPSA) is 56.2 Å². The number of carbonyl (C=O) groups excluding carboxylic acids is 1. The first-order valence-electron chi connectivity index (χ1n) is 12.4. The Bertz CT molecular complexity index is 1050. The van der Waals surface area contributed by atoms with Gasteiger partial charge in [0.05, 0.1) is 24.2 Å². The van der Waals surface area contributed by atoms with Gasteiger partial charge in [-0.15, -0.1) is 0 Å². The summed E-state index contributed by atoms with van der Waals surface area (Å²) in [5, 5.41) is 3.10. The second-order valence-corrected chi connectivity index (χ2v) is 9.15. The predicted molar refractivity (Wildman–Crippen MR) is 136 cm³/mol. The van der Waals surface area contributed by atoms with Crippen LogP contribution in [0, 0.1) is 12.8 Å². The van der Waals surface area contributed by atoms with Crippen LogP contribution in [0.25, 0.3) is 11.0 Å². The maximum atomic E-state index is 12.5. The summed E-state index contributed by atoms with van der Waals surface area (Å²) in [6.45, 7) is 12.6. The number of unbranched alkanes of at least 4 members (excludes halogenated alkanes) is 1. The molecule has 0 aliphatic rings. The average Bonchev–Trinajstić information content (AvgIpc) is 3.15. The molecule has 0 aliphatic heterocycles. The fourth-order valence-electron chi connectivity index (χ4n) is 4.28. The lowest BCUT2D eigenvalue weighted by Crippen LogP contribution is -2.30. The Hall–Kier alpha value is -2.82. The molecule has 2 aromatic carbocycles. The molecule has 0 unspecified atom stereocenters. The van der Waals surface area contributed by atoms with Crippen molar-refractivity contribution in [3.05, 3.63) is 59.4 Å². The molecule has 0 radical (unpaired) electrons. The van der Waals surface area contributed by atoms with Crippen LogP contribution in [0.2, 0.25) is 0 Å². The minimum absolute atomic E-state index is 0.0670. The first-order valence-corrected chi connectivity index (χ1v) is 12.4. The zero-order valence-corrected chi connectivity index (χ0v) is 20.9. The van der Waals surface area contributed by atoms with E-state index < -0.39 is 0 Å². The molecule has 1 aromatic heterocycles. The highest BCUT2D eigenvalue weighted by atomic mass is 16.5. The van der Waals surface area contributed by atoms with Gasteiger partial charge in [0, 0.05) is 12.5 Å². The van der Waals surface area contributed by atoms with Gasteiger partial charge in [-0.25, -0.2) is 4.98 Å². The van der Waals surface area contributed by atoms with Crippen molar-refractivity contribution in [2.75, 3.05) is 6.61 Å². The number of benzene rings is 2. The molecule has 0 atom stereocenters. The van der Waals surface area contributed by atoms with Crippen molar-refractivity contribution >= 4 is 16.9 Å². The van der Waals surface area contributed by atoms with Crippen LogP contribution in [0.4, 0.5) is 0 Å². The van der Waals surface area contributed by atoms with Crippen LogP contribution in [0.15, 0.2) is 42.5 Å². The first kappa shape index (κ1) is 24.8. The van der Waals surface area contributed by atoms with Crippen LogP contribution >= 0.6 is 0 Å². The Morgan fingerprint density at radius 3 is 2.58 bits per heavy atom. The molecule has 0 saturated carbocycles. The van der Waals surface area contributed by atoms with Gasteiger partial charge in [0.2, 0.25) is 5.91 Å². The molecule has 1 heterocycles. The van der Waals surface area contributed by atoms with Gasteiger partial charge >= 0.3 is 0 Å². The highest BCUT2D eigenvalue weighted by molar-refractivity contribution is 5.79. The molecule has 0 fully saturated rings. The number of nitrogens with one attached hydrogen (secondary N) is 1. The molecule has 3 aromatic rings. The molecule has 33 heavy (non-hydrogen) atoms. The summed E-state index contributed by atoms with van der Waals surface area (Å²) in [6, 6.07) is 14.7. The van der Waals surface area contributed by atoms with E-state index in [-0.39, 0.29) is 11.8 Å². The number of para-hydroxylation sites is 2. The van der Waals surface area contributed by atoms with Gasteiger partial charge in [-0.2, -0.15) is 0 Å². The monoisotopic (exact) mass is 449 g/mol. The highest BCUT2D eigenvalue weighted by Gasteiger charge is 2.16. The van der Waals surface area contributed by atoms with E-state index in [4.69, 9.17) is 9.72 Å². The lowest BCUT2D eigenvalue weighted by Gasteiger charge is -2.15. The lowest BCUT2D eigenvalue weighted by atomic mass is 10.0. The molecule has 1 amide bonds. The Labute approximate surface area is 198 Å². The third kappa shape index (κ3) is 6.37. The molecular weight excluding hydrogens is 410 g/mol. The number of hydrogen-bond acceptors (Lipinski definition) is 3. The normalized spacial score (nSPS) is 11.5. The molecule has 178 valence electrons. The van der Waals surface area contributed by atoms with Crippen LogP contribution in [0.5, 0.6) is 5.75 Å². The quantitative estimate of drug-likeness (QED) is 0.326. The zero-order valence-electron chi connectivity index (χ0n) is 20.9. The molecule has 0 aliphatic carbocycles. The fourth-order valence-corrected chi connectivity index (χ4v) is 4.28. The number of hydrogen-bond donors (Lipinski definition) is 1. The second-order valence-electron chi connectivity index (χ2n) is 9.15. The Morgan fingerprint density at radius 2 is 1.85 bits per heavy atom. The zero-order chi connectivity index (χ0) is 23.8. The number of amides is 1. The van der Waals surface area contributed by atoms with Crippen LogP contribution < -0.4 is 10.1 Å². The van der Waals surface area contributed by atoms with Crippen molar-refractivity contribution in [1.29, 1.82) is 0 Å². The summed E-state index contributed by atoms with van der Waals surface area (Å²) in [5.41, 5.74) is 4.57. The largest absolute Gasteiger partial charge is 0.493 e. The summed E-state index contributed by atoms with van der Waals surface area (Å²) < 4.78 is 8.41. The van der Waals surface area contributed by atoms with Crippen LogP contribution in [-0.2, 0) is 17.9 Å². The van der Waals surface area contributed by atoms with E-state index in [2.05, 4.69) is 68.8 Å². The predicted octanol–water partition coefficient (Wildman–Crippen LogP) is 6.38. The number of rotatable bonds is 12. The number of fused-ring (bicyclic) bond motifs is 1. The number of aryl methyl sites for hydroxylation is 2. The minimum atomic E-state index is 0.0670. The first-order chi connectivity index (χ1) is 15.9. The van der Waals surface area contributed by atoms with Crippen LogP contribution in [-0.4, -0.2) is 22.1 Å². The van der Waals surface area contributed by atoms with Gasteiger partial charge in [-0.3, -0.25) is 4.79 Å². The van der Waals surface area contributed by atoms with E-state index in [1.54, 1.807) is 0 Å². The van der Waals surface area contributed by atoms with Gasteiger partial charge in [0.25, 0.3) is 0 Å². The average molecular weight is 450 g/mol. The van der Waals surface area contributed by atoms with Crippen molar-refractivity contribution in [3.8, 4) is 5.75 Å². The lowest BCUT2D eigenvalue weighted by molar-refractivity contribution is -0.125. The summed E-state index contributed by atoms with van der Waals surface area (Å²) in [6.07, 6.45) is 3.66. The standard InChI is InChI=1S/C28H39N3O2/c1-6-22(7-2)28(32)29-19-27-30-24-12-8-9-13-25(24)31(27)16-10-11-17-33-26-18-21(5)14-15-23(26)20(3)4/h8-9,12-15,18,20,22H,6-7,10-11,16-17,19H2,1-5H3,(H,29,32). The molecule has 1 N–H and O–H groups in total. The van der Waals surface area contributed by atoms with Crippen LogP contribution in [0.1, 0.15) is 76.2 Å². The summed E-state index contributed by atoms with van der Waals surface area (Å²) in [4.78, 5) is 17.3. The van der Waals surface area contributed by atoms with E-state index in [1.807, 2.05) is 18.2 Å². The Kier molecular flexibility index (Phi) is 8.93. The number of aromatic nitrogens is 2. The third-order valence-corrected chi connectivity index (χ3v) is 6.34. The van der Waals surface area contributed by atoms with Crippen LogP contribution in [0.3, 0.4) is 0 Å². The van der Waals surface area contributed by atoms with Gasteiger partial charge < -0.3 is 14.6 Å². The second kappa shape index (κ2) is 11.9. The van der Waals surface area contributed by atoms with Crippen molar-refractivity contribution in [3.63, 3.8) is 0 Å². The highest BCUT2D eigenvalue weighted by Crippen LogP contribution is 2.27. The van der Waals surface area contributed by atoms with Crippen molar-refractivity contribution in [2.45, 2.75) is 79.3 Å². The van der Waals surface area contributed by atoms with E-state index in [9.17, 15) is 4.79 Å². The van der Waals surface area contributed by atoms with Crippen molar-refractivity contribution in [2.24, 2.45) is 5.92 Å². The number of imidazole rings is 1. The van der Waals surface area contributed by atoms with E-state index in [1.165, 1.54) is 11.1 Å². The molecule has 5 heteroatoms. The maximum Gasteiger partial charge on any atom is 0.223 e. The van der Waals surface area contributed by atoms with E-state index in [0.717, 1.165) is 54.8 Å². The number of ether oxygens (including phenoxy) is 1. The SMILES string of the molecule is CCC(CC)C(=O)NCc1nc2ccccc2n1CCCCOc1cc(C)ccc1C(C)C. The number of nitrogens with zero attached hydrogens (tertiary/aromatic N) is 2. The van der Waals surface area contributed by atoms with Gasteiger partial charge in [0.1, 0.15) is 11.6 Å². The molecule has 0 spiro atoms. The molecule has 0 bridgehead atoms. The maximum absolute atomic E-state index is 12.5. The molecule has 0 saturated heterocycles. The smallest absolute Gasteiger partial charge is 0.223 e. The van der Waals surface area contributed by atoms with Gasteiger partial charge in [-0.05, 0) is 67.9 Å². The van der Waals surface area contributed by atoms with Crippen molar-refractivity contribution in [1.82, 2.24) is 14.9 Å². The van der Waals surface area contributed by atoms with E-state index >= 15 is 0 Å². The number of carbonyl (C=O) groups is 1. The Morgan fingerprint density at radius 1 is 1.09 bits per heavy atom. The summed E-state index contributed by atoms with van der Waals surface area (Å²) in [5.74, 6) is 2.54. The molecule has 3 rings (SSSR count). The summed E-state index contributed by atoms with van der Waals surface area (Å²) in [7, 11) is 0. The van der Waals surface area contributed by atoms with Gasteiger partial charge in [0.15, 0.2) is 0 Å². The fraction of sp³-hybridized carbons (Fsp3) is 0.500. The summed E-state index contributed by atoms with van der Waals surface area (Å²) >= 11 is 0. The Balaban J connectivity index is 1.61. The molecule has 5 nitrogen and oxygen atoms in total. The third-order valence-electron chi connectivity index (χ3n) is 6.34. The van der Waals surface area contributed by atoms with E-state index in [0.29, 0.717) is 19.1 Å². The van der Waals surface area contributed by atoms with Crippen molar-refractivity contribution < 1.29 is 9.53 Å². The van der Waals surface area contributed by atoms with Gasteiger partial charge in [-0.1, -0.05) is 52.0 Å². The molecular formula is C28H39N3O2.